The summed E-state index contributed by atoms with van der Waals surface area (Å²) in [6.07, 6.45) is 14.6. The van der Waals surface area contributed by atoms with Crippen molar-refractivity contribution < 1.29 is 9.18 Å². The molecule has 0 rings (SSSR count). The molecular weight excluding hydrogens is 303 g/mol. The molecule has 0 aromatic carbocycles. The zero-order chi connectivity index (χ0) is 19.2. The van der Waals surface area contributed by atoms with Crippen molar-refractivity contribution >= 4 is 11.5 Å². The van der Waals surface area contributed by atoms with Gasteiger partial charge in [0, 0.05) is 11.9 Å². The Kier molecular flexibility index (Phi) is 26.4. The van der Waals surface area contributed by atoms with Gasteiger partial charge in [-0.15, -0.1) is 0 Å². The van der Waals surface area contributed by atoms with Crippen LogP contribution in [-0.2, 0) is 4.79 Å². The minimum atomic E-state index is 0.0648. The molecule has 0 fully saturated rings. The van der Waals surface area contributed by atoms with Crippen molar-refractivity contribution in [1.29, 1.82) is 0 Å². The van der Waals surface area contributed by atoms with Crippen molar-refractivity contribution in [2.75, 3.05) is 7.05 Å². The Hall–Kier alpha value is -1.81. The molecule has 0 saturated heterocycles. The molecule has 0 aliphatic carbocycles. The maximum Gasteiger partial charge on any atom is 0.146 e. The first-order valence-corrected chi connectivity index (χ1v) is 8.31. The predicted molar refractivity (Wildman–Crippen MR) is 106 cm³/mol. The number of aliphatic imine (C=N–C) groups is 1. The van der Waals surface area contributed by atoms with E-state index in [0.29, 0.717) is 6.33 Å². The first kappa shape index (κ1) is 27.1. The van der Waals surface area contributed by atoms with Crippen LogP contribution in [0.2, 0.25) is 0 Å². The Morgan fingerprint density at radius 3 is 1.96 bits per heavy atom. The lowest BCUT2D eigenvalue weighted by Crippen LogP contribution is -2.31. The Morgan fingerprint density at radius 1 is 1.08 bits per heavy atom. The van der Waals surface area contributed by atoms with Gasteiger partial charge in [-0.1, -0.05) is 44.2 Å². The van der Waals surface area contributed by atoms with E-state index in [1.807, 2.05) is 52.1 Å². The summed E-state index contributed by atoms with van der Waals surface area (Å²) >= 11 is 0. The smallest absolute Gasteiger partial charge is 0.146 e. The summed E-state index contributed by atoms with van der Waals surface area (Å²) in [5.41, 5.74) is 1.18. The number of nitrogens with one attached hydrogen (secondary N) is 1. The van der Waals surface area contributed by atoms with Gasteiger partial charge in [0.1, 0.15) is 5.78 Å². The molecular formula is C20H35FN2O. The topological polar surface area (TPSA) is 41.5 Å². The van der Waals surface area contributed by atoms with Crippen molar-refractivity contribution in [2.45, 2.75) is 60.4 Å². The molecule has 0 heterocycles. The maximum atomic E-state index is 11.2. The number of halogens is 1. The molecule has 0 saturated carbocycles. The molecule has 0 aliphatic heterocycles. The number of hydrogen-bond donors (Lipinski definition) is 1. The summed E-state index contributed by atoms with van der Waals surface area (Å²) in [5, 5.41) is 2.90. The average molecular weight is 339 g/mol. The molecule has 0 aromatic heterocycles. The van der Waals surface area contributed by atoms with Gasteiger partial charge in [-0.05, 0) is 53.7 Å². The van der Waals surface area contributed by atoms with Gasteiger partial charge in [-0.25, -0.2) is 4.39 Å². The number of nitrogens with zero attached hydrogens (tertiary/aromatic N) is 1. The molecule has 138 valence electrons. The van der Waals surface area contributed by atoms with Crippen LogP contribution < -0.4 is 5.32 Å². The van der Waals surface area contributed by atoms with Crippen LogP contribution in [0.4, 0.5) is 4.39 Å². The molecule has 0 amide bonds. The van der Waals surface area contributed by atoms with Crippen molar-refractivity contribution in [3.8, 4) is 0 Å². The van der Waals surface area contributed by atoms with E-state index in [1.54, 1.807) is 26.1 Å². The van der Waals surface area contributed by atoms with Crippen LogP contribution in [0.1, 0.15) is 54.4 Å². The molecule has 1 N–H and O–H groups in total. The number of Topliss-reactive ketones (excluding diaryl/α,β-unsaturated/α-hetero) is 1. The van der Waals surface area contributed by atoms with Crippen LogP contribution in [0.15, 0.2) is 54.0 Å². The van der Waals surface area contributed by atoms with Gasteiger partial charge < -0.3 is 5.32 Å². The van der Waals surface area contributed by atoms with Gasteiger partial charge >= 0.3 is 0 Å². The number of carbonyl (C=O) groups is 1. The number of ketones is 1. The van der Waals surface area contributed by atoms with Crippen molar-refractivity contribution in [3.05, 3.63) is 49.0 Å². The van der Waals surface area contributed by atoms with E-state index >= 15 is 0 Å². The fourth-order valence-electron chi connectivity index (χ4n) is 1.27. The molecule has 0 aromatic rings. The lowest BCUT2D eigenvalue weighted by Gasteiger charge is -2.07. The second-order valence-corrected chi connectivity index (χ2v) is 4.79. The molecule has 0 radical (unpaired) electrons. The summed E-state index contributed by atoms with van der Waals surface area (Å²) in [6, 6.07) is 0.0648. The Balaban J connectivity index is -0.000000276. The van der Waals surface area contributed by atoms with Crippen LogP contribution in [0.25, 0.3) is 0 Å². The fraction of sp³-hybridized carbons (Fsp3) is 0.500. The molecule has 0 spiro atoms. The van der Waals surface area contributed by atoms with E-state index in [0.717, 1.165) is 12.8 Å². The zero-order valence-electron chi connectivity index (χ0n) is 16.3. The van der Waals surface area contributed by atoms with Crippen molar-refractivity contribution in [2.24, 2.45) is 4.99 Å². The highest BCUT2D eigenvalue weighted by Gasteiger charge is 2.05. The summed E-state index contributed by atoms with van der Waals surface area (Å²) < 4.78 is 11.2. The third-order valence-electron chi connectivity index (χ3n) is 2.80. The molecule has 3 nitrogen and oxygen atoms in total. The first-order chi connectivity index (χ1) is 11.4. The van der Waals surface area contributed by atoms with E-state index < -0.39 is 0 Å². The highest BCUT2D eigenvalue weighted by atomic mass is 19.1. The summed E-state index contributed by atoms with van der Waals surface area (Å²) in [7, 11) is 1.80. The van der Waals surface area contributed by atoms with E-state index in [4.69, 9.17) is 0 Å². The van der Waals surface area contributed by atoms with Crippen LogP contribution in [0, 0.1) is 0 Å². The van der Waals surface area contributed by atoms with Gasteiger partial charge in [0.15, 0.2) is 0 Å². The second kappa shape index (κ2) is 23.5. The standard InChI is InChI=1S/C7H9F.C7H13N.C6H13NO/c1-2-3-4-5-6-7-8;1-4-6-8-7(3)5-2;1-4-6(7-3)5(2)8/h2-7H,1H3;4,6H,5H2,1-3H3;6-7H,4H2,1-3H3/b3-2-,5-4-,7-6+;6-4-,8-7?;/t;;6-/m..0/s1. The average Bonchev–Trinajstić information content (AvgIpc) is 2.58. The van der Waals surface area contributed by atoms with Crippen LogP contribution >= 0.6 is 0 Å². The van der Waals surface area contributed by atoms with E-state index in [9.17, 15) is 9.18 Å². The maximum absolute atomic E-state index is 11.2. The number of likely N-dealkylation sites (N-methyl/N-ethyl adjacent to an activating group) is 1. The van der Waals surface area contributed by atoms with Gasteiger partial charge in [-0.3, -0.25) is 9.79 Å². The van der Waals surface area contributed by atoms with Crippen LogP contribution in [0.5, 0.6) is 0 Å². The monoisotopic (exact) mass is 338 g/mol. The largest absolute Gasteiger partial charge is 0.311 e. The van der Waals surface area contributed by atoms with Gasteiger partial charge in [0.25, 0.3) is 0 Å². The number of hydrogen-bond acceptors (Lipinski definition) is 3. The zero-order valence-corrected chi connectivity index (χ0v) is 16.3. The van der Waals surface area contributed by atoms with Crippen molar-refractivity contribution in [3.63, 3.8) is 0 Å². The minimum absolute atomic E-state index is 0.0648. The molecule has 24 heavy (non-hydrogen) atoms. The minimum Gasteiger partial charge on any atom is -0.311 e. The van der Waals surface area contributed by atoms with Gasteiger partial charge in [0.05, 0.1) is 12.4 Å². The molecule has 0 unspecified atom stereocenters. The highest BCUT2D eigenvalue weighted by Crippen LogP contribution is 1.88. The molecule has 0 aliphatic rings. The van der Waals surface area contributed by atoms with Crippen LogP contribution in [0.3, 0.4) is 0 Å². The lowest BCUT2D eigenvalue weighted by atomic mass is 10.1. The fourth-order valence-corrected chi connectivity index (χ4v) is 1.27. The van der Waals surface area contributed by atoms with Gasteiger partial charge in [-0.2, -0.15) is 0 Å². The first-order valence-electron chi connectivity index (χ1n) is 8.31. The van der Waals surface area contributed by atoms with E-state index in [1.165, 1.54) is 11.8 Å². The Bertz CT molecular complexity index is 403. The van der Waals surface area contributed by atoms with E-state index in [2.05, 4.69) is 17.2 Å². The SMILES string of the molecule is C/C=C\N=C(C)CC.CC[C@H](NC)C(C)=O.C\C=C/C=C\C=C\F. The number of carbonyl (C=O) groups excluding carboxylic acids is 1. The summed E-state index contributed by atoms with van der Waals surface area (Å²) in [6.45, 7) is 11.6. The Morgan fingerprint density at radius 2 is 1.67 bits per heavy atom. The highest BCUT2D eigenvalue weighted by molar-refractivity contribution is 5.82. The third kappa shape index (κ3) is 25.2. The normalized spacial score (nSPS) is 13.1. The summed E-state index contributed by atoms with van der Waals surface area (Å²) in [4.78, 5) is 14.6. The number of rotatable bonds is 7. The molecule has 4 heteroatoms. The summed E-state index contributed by atoms with van der Waals surface area (Å²) in [5.74, 6) is 0.218. The molecule has 1 atom stereocenters. The van der Waals surface area contributed by atoms with Gasteiger partial charge in [0.2, 0.25) is 0 Å². The quantitative estimate of drug-likeness (QED) is 0.487. The Labute approximate surface area is 148 Å². The lowest BCUT2D eigenvalue weighted by molar-refractivity contribution is -0.118. The van der Waals surface area contributed by atoms with E-state index in [-0.39, 0.29) is 11.8 Å². The predicted octanol–water partition coefficient (Wildman–Crippen LogP) is 5.57. The number of allylic oxidation sites excluding steroid dienone is 6. The third-order valence-corrected chi connectivity index (χ3v) is 2.80. The second-order valence-electron chi connectivity index (χ2n) is 4.79. The van der Waals surface area contributed by atoms with Crippen molar-refractivity contribution in [1.82, 2.24) is 5.32 Å². The van der Waals surface area contributed by atoms with Crippen LogP contribution in [-0.4, -0.2) is 24.6 Å². The molecule has 0 bridgehead atoms.